The van der Waals surface area contributed by atoms with Gasteiger partial charge in [0.2, 0.25) is 0 Å². The van der Waals surface area contributed by atoms with Gasteiger partial charge in [-0.25, -0.2) is 14.5 Å². The molecule has 28 heavy (non-hydrogen) atoms. The van der Waals surface area contributed by atoms with Gasteiger partial charge in [0, 0.05) is 16.8 Å². The van der Waals surface area contributed by atoms with Gasteiger partial charge >= 0.3 is 5.97 Å². The second-order valence-corrected chi connectivity index (χ2v) is 7.85. The van der Waals surface area contributed by atoms with Crippen LogP contribution in [0.25, 0.3) is 5.69 Å². The van der Waals surface area contributed by atoms with Crippen LogP contribution >= 0.6 is 11.3 Å². The van der Waals surface area contributed by atoms with Gasteiger partial charge < -0.3 is 4.74 Å². The van der Waals surface area contributed by atoms with Gasteiger partial charge in [-0.15, -0.1) is 11.3 Å². The Labute approximate surface area is 166 Å². The summed E-state index contributed by atoms with van der Waals surface area (Å²) in [5, 5.41) is 3.70. The van der Waals surface area contributed by atoms with Crippen molar-refractivity contribution in [2.45, 2.75) is 32.6 Å². The van der Waals surface area contributed by atoms with Gasteiger partial charge in [-0.2, -0.15) is 0 Å². The number of H-pyrrole nitrogens is 1. The normalized spacial score (nSPS) is 13.6. The molecule has 0 saturated heterocycles. The van der Waals surface area contributed by atoms with Gasteiger partial charge in [-0.1, -0.05) is 18.2 Å². The third-order valence-corrected chi connectivity index (χ3v) is 6.18. The van der Waals surface area contributed by atoms with Crippen molar-refractivity contribution in [3.05, 3.63) is 67.9 Å². The molecule has 1 aromatic carbocycles. The minimum atomic E-state index is -0.362. The summed E-state index contributed by atoms with van der Waals surface area (Å²) in [6.45, 7) is 1.84. The molecule has 0 saturated carbocycles. The van der Waals surface area contributed by atoms with Crippen LogP contribution in [-0.2, 0) is 17.6 Å². The number of esters is 1. The fourth-order valence-corrected chi connectivity index (χ4v) is 4.77. The van der Waals surface area contributed by atoms with Gasteiger partial charge in [-0.3, -0.25) is 9.89 Å². The van der Waals surface area contributed by atoms with Crippen LogP contribution in [0.5, 0.6) is 0 Å². The fraction of sp³-hybridized carbons (Fsp3) is 0.286. The summed E-state index contributed by atoms with van der Waals surface area (Å²) in [5.74, 6) is -0.362. The van der Waals surface area contributed by atoms with Crippen molar-refractivity contribution in [1.82, 2.24) is 9.78 Å². The van der Waals surface area contributed by atoms with Gasteiger partial charge in [0.15, 0.2) is 0 Å². The quantitative estimate of drug-likeness (QED) is 0.537. The lowest BCUT2D eigenvalue weighted by Gasteiger charge is -2.11. The van der Waals surface area contributed by atoms with E-state index in [-0.39, 0.29) is 11.5 Å². The number of thiophene rings is 1. The van der Waals surface area contributed by atoms with Crippen LogP contribution in [0, 0.1) is 6.92 Å². The number of para-hydroxylation sites is 1. The monoisotopic (exact) mass is 395 g/mol. The molecule has 0 bridgehead atoms. The maximum Gasteiger partial charge on any atom is 0.341 e. The zero-order valence-corrected chi connectivity index (χ0v) is 16.6. The lowest BCUT2D eigenvalue weighted by atomic mass is 9.95. The molecule has 1 aliphatic carbocycles. The van der Waals surface area contributed by atoms with Crippen LogP contribution < -0.4 is 5.56 Å². The molecule has 0 radical (unpaired) electrons. The fourth-order valence-electron chi connectivity index (χ4n) is 3.55. The van der Waals surface area contributed by atoms with E-state index >= 15 is 0 Å². The molecule has 6 nitrogen and oxygen atoms in total. The Morgan fingerprint density at radius 3 is 2.75 bits per heavy atom. The molecule has 0 aliphatic heterocycles. The van der Waals surface area contributed by atoms with E-state index in [4.69, 9.17) is 4.74 Å². The lowest BCUT2D eigenvalue weighted by Crippen LogP contribution is -2.17. The van der Waals surface area contributed by atoms with Crippen LogP contribution in [-0.4, -0.2) is 29.1 Å². The van der Waals surface area contributed by atoms with Gasteiger partial charge in [0.1, 0.15) is 5.00 Å². The van der Waals surface area contributed by atoms with Crippen molar-refractivity contribution in [3.63, 3.8) is 0 Å². The number of aliphatic imine (C=N–C) groups is 1. The zero-order chi connectivity index (χ0) is 19.7. The Kier molecular flexibility index (Phi) is 5.00. The van der Waals surface area contributed by atoms with Crippen molar-refractivity contribution in [2.24, 2.45) is 4.99 Å². The number of hydrogen-bond acceptors (Lipinski definition) is 5. The number of fused-ring (bicyclic) bond motifs is 1. The van der Waals surface area contributed by atoms with Crippen LogP contribution in [0.15, 0.2) is 40.1 Å². The van der Waals surface area contributed by atoms with Crippen LogP contribution in [0.2, 0.25) is 0 Å². The topological polar surface area (TPSA) is 76.4 Å². The van der Waals surface area contributed by atoms with Crippen molar-refractivity contribution in [2.75, 3.05) is 7.11 Å². The summed E-state index contributed by atoms with van der Waals surface area (Å²) in [5.41, 5.74) is 3.40. The van der Waals surface area contributed by atoms with Crippen molar-refractivity contribution >= 4 is 28.5 Å². The Balaban J connectivity index is 1.75. The van der Waals surface area contributed by atoms with E-state index in [0.717, 1.165) is 42.6 Å². The third kappa shape index (κ3) is 3.22. The van der Waals surface area contributed by atoms with Crippen LogP contribution in [0.3, 0.4) is 0 Å². The number of nitrogens with one attached hydrogen (secondary N) is 1. The number of benzene rings is 1. The Bertz CT molecular complexity index is 1110. The first kappa shape index (κ1) is 18.4. The molecule has 0 unspecified atom stereocenters. The molecule has 0 spiro atoms. The second-order valence-electron chi connectivity index (χ2n) is 6.77. The Morgan fingerprint density at radius 2 is 2.00 bits per heavy atom. The summed E-state index contributed by atoms with van der Waals surface area (Å²) in [4.78, 5) is 30.9. The third-order valence-electron chi connectivity index (χ3n) is 4.98. The number of hydrogen-bond donors (Lipinski definition) is 1. The van der Waals surface area contributed by atoms with E-state index < -0.39 is 0 Å². The number of carbonyl (C=O) groups excluding carboxylic acids is 1. The average molecular weight is 395 g/mol. The Hall–Kier alpha value is -2.93. The highest BCUT2D eigenvalue weighted by Crippen LogP contribution is 2.40. The maximum atomic E-state index is 12.8. The van der Waals surface area contributed by atoms with Crippen molar-refractivity contribution < 1.29 is 9.53 Å². The van der Waals surface area contributed by atoms with E-state index in [1.807, 2.05) is 37.3 Å². The second kappa shape index (κ2) is 7.59. The lowest BCUT2D eigenvalue weighted by molar-refractivity contribution is 0.0601. The number of nitrogens with zero attached hydrogens (tertiary/aromatic N) is 2. The predicted octanol–water partition coefficient (Wildman–Crippen LogP) is 3.95. The predicted molar refractivity (Wildman–Crippen MR) is 111 cm³/mol. The molecule has 7 heteroatoms. The van der Waals surface area contributed by atoms with E-state index in [1.54, 1.807) is 6.21 Å². The molecular weight excluding hydrogens is 374 g/mol. The van der Waals surface area contributed by atoms with Crippen molar-refractivity contribution in [3.8, 4) is 5.69 Å². The molecule has 3 aromatic rings. The smallest absolute Gasteiger partial charge is 0.341 e. The molecule has 2 heterocycles. The number of ether oxygens (including phenoxy) is 1. The summed E-state index contributed by atoms with van der Waals surface area (Å²) in [6.07, 6.45) is 5.57. The van der Waals surface area contributed by atoms with E-state index in [0.29, 0.717) is 16.1 Å². The highest BCUT2D eigenvalue weighted by Gasteiger charge is 2.25. The summed E-state index contributed by atoms with van der Waals surface area (Å²) < 4.78 is 6.48. The first-order valence-electron chi connectivity index (χ1n) is 9.24. The molecule has 144 valence electrons. The van der Waals surface area contributed by atoms with Crippen LogP contribution in [0.4, 0.5) is 5.00 Å². The number of aromatic amines is 1. The van der Waals surface area contributed by atoms with E-state index in [9.17, 15) is 9.59 Å². The highest BCUT2D eigenvalue weighted by molar-refractivity contribution is 7.16. The maximum absolute atomic E-state index is 12.8. The standard InChI is InChI=1S/C21H21N3O3S/c1-13-16(20(25)24(23-13)14-8-4-3-5-9-14)12-22-19-18(21(26)27-2)15-10-6-7-11-17(15)28-19/h3-5,8-9,12,23H,6-7,10-11H2,1-2H3. The van der Waals surface area contributed by atoms with Crippen LogP contribution in [0.1, 0.15) is 44.9 Å². The number of aryl methyl sites for hydroxylation is 2. The number of rotatable bonds is 4. The molecule has 0 fully saturated rings. The summed E-state index contributed by atoms with van der Waals surface area (Å²) in [6, 6.07) is 9.39. The SMILES string of the molecule is COC(=O)c1c(N=Cc2c(C)[nH]n(-c3ccccc3)c2=O)sc2c1CCCC2. The summed E-state index contributed by atoms with van der Waals surface area (Å²) >= 11 is 1.52. The van der Waals surface area contributed by atoms with Gasteiger partial charge in [0.05, 0.1) is 23.9 Å². The molecule has 0 atom stereocenters. The number of methoxy groups -OCH3 is 1. The number of carbonyl (C=O) groups is 1. The minimum absolute atomic E-state index is 0.173. The van der Waals surface area contributed by atoms with E-state index in [2.05, 4.69) is 10.1 Å². The van der Waals surface area contributed by atoms with Gasteiger partial charge in [0.25, 0.3) is 5.56 Å². The first-order valence-corrected chi connectivity index (χ1v) is 10.1. The molecule has 2 aromatic heterocycles. The highest BCUT2D eigenvalue weighted by atomic mass is 32.1. The average Bonchev–Trinajstić information content (AvgIpc) is 3.23. The minimum Gasteiger partial charge on any atom is -0.465 e. The molecule has 0 amide bonds. The molecule has 1 N–H and O–H groups in total. The largest absolute Gasteiger partial charge is 0.465 e. The van der Waals surface area contributed by atoms with E-state index in [1.165, 1.54) is 28.0 Å². The summed E-state index contributed by atoms with van der Waals surface area (Å²) in [7, 11) is 1.39. The Morgan fingerprint density at radius 1 is 1.25 bits per heavy atom. The molecule has 4 rings (SSSR count). The first-order chi connectivity index (χ1) is 13.6. The number of aromatic nitrogens is 2. The molecule has 1 aliphatic rings. The van der Waals surface area contributed by atoms with Crippen molar-refractivity contribution in [1.29, 1.82) is 0 Å². The molecular formula is C21H21N3O3S. The zero-order valence-electron chi connectivity index (χ0n) is 15.8. The van der Waals surface area contributed by atoms with Gasteiger partial charge in [-0.05, 0) is 50.3 Å².